The van der Waals surface area contributed by atoms with Gasteiger partial charge in [0.2, 0.25) is 0 Å². The highest BCUT2D eigenvalue weighted by Crippen LogP contribution is 2.64. The molecule has 2 fully saturated rings. The van der Waals surface area contributed by atoms with Gasteiger partial charge in [-0.25, -0.2) is 13.9 Å². The number of para-hydroxylation sites is 1. The minimum atomic E-state index is -2.81. The third-order valence-electron chi connectivity index (χ3n) is 3.27. The van der Waals surface area contributed by atoms with Crippen LogP contribution < -0.4 is 4.52 Å². The van der Waals surface area contributed by atoms with Gasteiger partial charge >= 0.3 is 7.67 Å². The second-order valence-electron chi connectivity index (χ2n) is 4.84. The van der Waals surface area contributed by atoms with Gasteiger partial charge in [0, 0.05) is 25.2 Å². The van der Waals surface area contributed by atoms with Crippen molar-refractivity contribution in [3.8, 4) is 5.75 Å². The molecule has 0 aliphatic carbocycles. The summed E-state index contributed by atoms with van der Waals surface area (Å²) in [6.07, 6.45) is 0. The van der Waals surface area contributed by atoms with Crippen molar-refractivity contribution in [1.82, 2.24) is 9.34 Å². The highest BCUT2D eigenvalue weighted by atomic mass is 31.2. The lowest BCUT2D eigenvalue weighted by molar-refractivity contribution is 0.400. The van der Waals surface area contributed by atoms with Gasteiger partial charge in [0.25, 0.3) is 0 Å². The molecule has 2 saturated heterocycles. The first-order valence-corrected chi connectivity index (χ1v) is 7.53. The van der Waals surface area contributed by atoms with Crippen LogP contribution >= 0.6 is 7.67 Å². The summed E-state index contributed by atoms with van der Waals surface area (Å²) in [6.45, 7) is 5.89. The molecule has 92 valence electrons. The highest BCUT2D eigenvalue weighted by Gasteiger charge is 2.57. The van der Waals surface area contributed by atoms with E-state index in [2.05, 4.69) is 13.8 Å². The maximum atomic E-state index is 13.0. The zero-order chi connectivity index (χ0) is 12.0. The number of rotatable bonds is 4. The lowest BCUT2D eigenvalue weighted by Gasteiger charge is -2.21. The Morgan fingerprint density at radius 1 is 1.12 bits per heavy atom. The summed E-state index contributed by atoms with van der Waals surface area (Å²) < 4.78 is 22.7. The fourth-order valence-electron chi connectivity index (χ4n) is 2.02. The van der Waals surface area contributed by atoms with E-state index in [1.54, 1.807) is 0 Å². The number of hydrogen-bond donors (Lipinski definition) is 0. The lowest BCUT2D eigenvalue weighted by atomic mass is 10.3. The Labute approximate surface area is 102 Å². The fraction of sp³-hybridized carbons (Fsp3) is 0.500. The lowest BCUT2D eigenvalue weighted by Crippen LogP contribution is -2.13. The van der Waals surface area contributed by atoms with Gasteiger partial charge in [-0.2, -0.15) is 0 Å². The van der Waals surface area contributed by atoms with Crippen molar-refractivity contribution in [2.24, 2.45) is 0 Å². The Hall–Kier alpha value is -0.830. The summed E-state index contributed by atoms with van der Waals surface area (Å²) in [5.74, 6) is 0.689. The van der Waals surface area contributed by atoms with Crippen molar-refractivity contribution < 1.29 is 9.09 Å². The van der Waals surface area contributed by atoms with Crippen molar-refractivity contribution in [3.63, 3.8) is 0 Å². The summed E-state index contributed by atoms with van der Waals surface area (Å²) in [6, 6.07) is 10.2. The average Bonchev–Trinajstić information content (AvgIpc) is 3.19. The highest BCUT2D eigenvalue weighted by molar-refractivity contribution is 7.55. The average molecular weight is 252 g/mol. The summed E-state index contributed by atoms with van der Waals surface area (Å²) in [5.41, 5.74) is 0. The van der Waals surface area contributed by atoms with Crippen LogP contribution in [0.1, 0.15) is 13.8 Å². The molecule has 0 bridgehead atoms. The number of benzene rings is 1. The molecule has 0 saturated carbocycles. The minimum absolute atomic E-state index is 0.373. The van der Waals surface area contributed by atoms with Crippen molar-refractivity contribution >= 4 is 7.67 Å². The van der Waals surface area contributed by atoms with Gasteiger partial charge in [-0.15, -0.1) is 0 Å². The van der Waals surface area contributed by atoms with E-state index < -0.39 is 7.67 Å². The van der Waals surface area contributed by atoms with Crippen LogP contribution in [0.15, 0.2) is 30.3 Å². The molecular formula is C12H17N2O2P. The summed E-state index contributed by atoms with van der Waals surface area (Å²) in [7, 11) is -2.81. The zero-order valence-electron chi connectivity index (χ0n) is 10.1. The molecular weight excluding hydrogens is 235 g/mol. The molecule has 1 aromatic rings. The third kappa shape index (κ3) is 2.01. The molecule has 3 rings (SSSR count). The van der Waals surface area contributed by atoms with Gasteiger partial charge < -0.3 is 4.52 Å². The standard InChI is InChI=1S/C12H17N2O2P/c1-10-8-13(10)17(15,14-9-11(14)2)16-12-6-4-3-5-7-12/h3-7,10-11H,8-9H2,1-2H3/t10-,11-,13?,14?,17?/m0/s1. The molecule has 0 amide bonds. The van der Waals surface area contributed by atoms with Gasteiger partial charge in [0.15, 0.2) is 0 Å². The quantitative estimate of drug-likeness (QED) is 0.609. The number of hydrogen-bond acceptors (Lipinski definition) is 2. The van der Waals surface area contributed by atoms with Gasteiger partial charge in [-0.05, 0) is 26.0 Å². The molecule has 17 heavy (non-hydrogen) atoms. The second kappa shape index (κ2) is 3.84. The van der Waals surface area contributed by atoms with Crippen molar-refractivity contribution in [2.45, 2.75) is 25.9 Å². The molecule has 2 aliphatic rings. The summed E-state index contributed by atoms with van der Waals surface area (Å²) in [4.78, 5) is 0. The van der Waals surface area contributed by atoms with E-state index in [-0.39, 0.29) is 0 Å². The van der Waals surface area contributed by atoms with E-state index in [0.29, 0.717) is 17.8 Å². The fourth-order valence-corrected chi connectivity index (χ4v) is 4.81. The third-order valence-corrected chi connectivity index (χ3v) is 6.13. The molecule has 0 aromatic heterocycles. The van der Waals surface area contributed by atoms with Gasteiger partial charge in [0.1, 0.15) is 5.75 Å². The molecule has 2 unspecified atom stereocenters. The minimum Gasteiger partial charge on any atom is -0.422 e. The van der Waals surface area contributed by atoms with Gasteiger partial charge in [0.05, 0.1) is 0 Å². The first kappa shape index (κ1) is 11.3. The van der Waals surface area contributed by atoms with Crippen LogP contribution in [0.5, 0.6) is 5.75 Å². The zero-order valence-corrected chi connectivity index (χ0v) is 11.0. The van der Waals surface area contributed by atoms with Crippen LogP contribution in [0.3, 0.4) is 0 Å². The largest absolute Gasteiger partial charge is 0.422 e. The molecule has 1 aromatic carbocycles. The molecule has 0 N–H and O–H groups in total. The van der Waals surface area contributed by atoms with Crippen LogP contribution in [-0.4, -0.2) is 34.5 Å². The molecule has 4 nitrogen and oxygen atoms in total. The first-order chi connectivity index (χ1) is 8.11. The van der Waals surface area contributed by atoms with E-state index in [1.807, 2.05) is 39.7 Å². The molecule has 2 heterocycles. The Bertz CT molecular complexity index is 445. The topological polar surface area (TPSA) is 32.3 Å². The smallest absolute Gasteiger partial charge is 0.396 e. The van der Waals surface area contributed by atoms with E-state index >= 15 is 0 Å². The monoisotopic (exact) mass is 252 g/mol. The molecule has 5 heteroatoms. The Balaban J connectivity index is 1.83. The molecule has 2 aliphatic heterocycles. The maximum Gasteiger partial charge on any atom is 0.396 e. The van der Waals surface area contributed by atoms with Crippen LogP contribution in [0, 0.1) is 0 Å². The van der Waals surface area contributed by atoms with Crippen molar-refractivity contribution in [1.29, 1.82) is 0 Å². The molecule has 4 atom stereocenters. The van der Waals surface area contributed by atoms with Gasteiger partial charge in [-0.3, -0.25) is 0 Å². The molecule has 0 radical (unpaired) electrons. The van der Waals surface area contributed by atoms with E-state index in [9.17, 15) is 4.57 Å². The Kier molecular flexibility index (Phi) is 2.54. The predicted molar refractivity (Wildman–Crippen MR) is 67.0 cm³/mol. The van der Waals surface area contributed by atoms with Crippen LogP contribution in [0.2, 0.25) is 0 Å². The summed E-state index contributed by atoms with van der Waals surface area (Å²) >= 11 is 0. The van der Waals surface area contributed by atoms with E-state index in [1.165, 1.54) is 0 Å². The SMILES string of the molecule is C[C@H]1CN1P(=O)(Oc1ccccc1)N1C[C@@H]1C. The van der Waals surface area contributed by atoms with Gasteiger partial charge in [-0.1, -0.05) is 18.2 Å². The summed E-state index contributed by atoms with van der Waals surface area (Å²) in [5, 5.41) is 0. The predicted octanol–water partition coefficient (Wildman–Crippen LogP) is 2.58. The van der Waals surface area contributed by atoms with Crippen molar-refractivity contribution in [3.05, 3.63) is 30.3 Å². The molecule has 0 spiro atoms. The van der Waals surface area contributed by atoms with E-state index in [4.69, 9.17) is 4.52 Å². The Morgan fingerprint density at radius 3 is 2.00 bits per heavy atom. The first-order valence-electron chi connectivity index (χ1n) is 6.00. The maximum absolute atomic E-state index is 13.0. The van der Waals surface area contributed by atoms with Crippen molar-refractivity contribution in [2.75, 3.05) is 13.1 Å². The van der Waals surface area contributed by atoms with Crippen LogP contribution in [0.4, 0.5) is 0 Å². The number of nitrogens with zero attached hydrogens (tertiary/aromatic N) is 2. The van der Waals surface area contributed by atoms with E-state index in [0.717, 1.165) is 13.1 Å². The Morgan fingerprint density at radius 2 is 1.59 bits per heavy atom. The second-order valence-corrected chi connectivity index (χ2v) is 7.03. The normalized spacial score (nSPS) is 38.2. The van der Waals surface area contributed by atoms with Crippen LogP contribution in [-0.2, 0) is 4.57 Å². The van der Waals surface area contributed by atoms with Crippen LogP contribution in [0.25, 0.3) is 0 Å².